The Kier molecular flexibility index (Phi) is 6.22. The molecule has 1 aliphatic carbocycles. The third-order valence-electron chi connectivity index (χ3n) is 7.30. The van der Waals surface area contributed by atoms with Crippen molar-refractivity contribution in [2.45, 2.75) is 38.8 Å². The summed E-state index contributed by atoms with van der Waals surface area (Å²) in [7, 11) is 1.53. The van der Waals surface area contributed by atoms with Crippen LogP contribution in [-0.4, -0.2) is 49.0 Å². The molecule has 0 spiro atoms. The molecule has 2 unspecified atom stereocenters. The Labute approximate surface area is 219 Å². The fourth-order valence-corrected chi connectivity index (χ4v) is 5.06. The maximum atomic E-state index is 13.3. The molecule has 2 aliphatic heterocycles. The predicted octanol–water partition coefficient (Wildman–Crippen LogP) is 2.70. The first-order chi connectivity index (χ1) is 18.2. The molecule has 2 aromatic rings. The largest absolute Gasteiger partial charge is 0.497 e. The fourth-order valence-electron chi connectivity index (χ4n) is 5.06. The van der Waals surface area contributed by atoms with Gasteiger partial charge in [0.1, 0.15) is 17.3 Å². The van der Waals surface area contributed by atoms with Crippen LogP contribution in [0.4, 0.5) is 9.59 Å². The molecule has 4 N–H and O–H groups in total. The molecule has 3 aliphatic rings. The molecule has 0 bridgehead atoms. The van der Waals surface area contributed by atoms with Crippen molar-refractivity contribution in [3.63, 3.8) is 0 Å². The van der Waals surface area contributed by atoms with Crippen LogP contribution in [0.25, 0.3) is 6.08 Å². The van der Waals surface area contributed by atoms with E-state index >= 15 is 0 Å². The summed E-state index contributed by atoms with van der Waals surface area (Å²) in [5.41, 5.74) is 2.01. The van der Waals surface area contributed by atoms with Crippen LogP contribution in [0, 0.1) is 0 Å². The lowest BCUT2D eigenvalue weighted by atomic mass is 9.90. The molecule has 1 aromatic carbocycles. The monoisotopic (exact) mass is 519 g/mol. The van der Waals surface area contributed by atoms with Crippen LogP contribution < -0.4 is 26.0 Å². The van der Waals surface area contributed by atoms with Crippen LogP contribution in [-0.2, 0) is 16.9 Å². The summed E-state index contributed by atoms with van der Waals surface area (Å²) in [5, 5.41) is 10.6. The van der Waals surface area contributed by atoms with Gasteiger partial charge < -0.3 is 30.0 Å². The van der Waals surface area contributed by atoms with Crippen molar-refractivity contribution in [2.75, 3.05) is 20.2 Å². The second-order valence-electron chi connectivity index (χ2n) is 9.56. The first kappa shape index (κ1) is 25.1. The Morgan fingerprint density at radius 3 is 2.71 bits per heavy atom. The summed E-state index contributed by atoms with van der Waals surface area (Å²) in [6.45, 7) is 6.36. The van der Waals surface area contributed by atoms with Gasteiger partial charge in [0.05, 0.1) is 13.7 Å². The summed E-state index contributed by atoms with van der Waals surface area (Å²) in [6, 6.07) is 6.02. The van der Waals surface area contributed by atoms with Crippen molar-refractivity contribution in [3.8, 4) is 5.75 Å². The number of imide groups is 1. The minimum atomic E-state index is -1.61. The van der Waals surface area contributed by atoms with Gasteiger partial charge in [-0.2, -0.15) is 0 Å². The maximum Gasteiger partial charge on any atom is 0.322 e. The Morgan fingerprint density at radius 2 is 2.03 bits per heavy atom. The van der Waals surface area contributed by atoms with Gasteiger partial charge in [-0.05, 0) is 55.3 Å². The van der Waals surface area contributed by atoms with Gasteiger partial charge in [0, 0.05) is 35.8 Å². The van der Waals surface area contributed by atoms with E-state index in [2.05, 4.69) is 21.3 Å². The number of allylic oxidation sites excluding steroid dienone is 2. The lowest BCUT2D eigenvalue weighted by Crippen LogP contribution is -2.52. The van der Waals surface area contributed by atoms with Gasteiger partial charge in [-0.15, -0.1) is 0 Å². The number of fused-ring (bicyclic) bond motifs is 2. The molecule has 11 heteroatoms. The van der Waals surface area contributed by atoms with E-state index in [4.69, 9.17) is 9.15 Å². The minimum absolute atomic E-state index is 0.121. The molecule has 1 saturated heterocycles. The van der Waals surface area contributed by atoms with E-state index in [-0.39, 0.29) is 36.7 Å². The highest BCUT2D eigenvalue weighted by atomic mass is 16.5. The van der Waals surface area contributed by atoms with Crippen molar-refractivity contribution in [1.82, 2.24) is 26.2 Å². The number of amides is 6. The molecule has 38 heavy (non-hydrogen) atoms. The van der Waals surface area contributed by atoms with Crippen LogP contribution in [0.5, 0.6) is 5.75 Å². The number of ether oxygens (including phenoxy) is 1. The number of nitrogens with zero attached hydrogens (tertiary/aromatic N) is 1. The topological polar surface area (TPSA) is 142 Å². The number of rotatable bonds is 6. The molecule has 2 atom stereocenters. The van der Waals surface area contributed by atoms with Crippen molar-refractivity contribution in [2.24, 2.45) is 0 Å². The Hall–Kier alpha value is -4.54. The lowest BCUT2D eigenvalue weighted by molar-refractivity contribution is -0.125. The van der Waals surface area contributed by atoms with E-state index in [0.717, 1.165) is 16.7 Å². The van der Waals surface area contributed by atoms with Gasteiger partial charge in [0.15, 0.2) is 5.54 Å². The van der Waals surface area contributed by atoms with E-state index in [9.17, 15) is 19.2 Å². The maximum absolute atomic E-state index is 13.3. The first-order valence-corrected chi connectivity index (χ1v) is 12.3. The first-order valence-electron chi connectivity index (χ1n) is 12.3. The van der Waals surface area contributed by atoms with Crippen LogP contribution in [0.15, 0.2) is 46.0 Å². The van der Waals surface area contributed by atoms with Crippen LogP contribution in [0.3, 0.4) is 0 Å². The number of urea groups is 2. The number of nitrogens with one attached hydrogen (secondary N) is 4. The van der Waals surface area contributed by atoms with Crippen molar-refractivity contribution < 1.29 is 28.3 Å². The van der Waals surface area contributed by atoms with Gasteiger partial charge in [0.2, 0.25) is 0 Å². The number of hydrogen-bond acceptors (Lipinski definition) is 6. The van der Waals surface area contributed by atoms with Gasteiger partial charge in [-0.1, -0.05) is 13.0 Å². The highest BCUT2D eigenvalue weighted by molar-refractivity contribution is 6.08. The summed E-state index contributed by atoms with van der Waals surface area (Å²) >= 11 is 0. The summed E-state index contributed by atoms with van der Waals surface area (Å²) < 4.78 is 11.4. The molecule has 1 aromatic heterocycles. The second kappa shape index (κ2) is 9.40. The molecule has 5 rings (SSSR count). The second-order valence-corrected chi connectivity index (χ2v) is 9.56. The smallest absolute Gasteiger partial charge is 0.322 e. The summed E-state index contributed by atoms with van der Waals surface area (Å²) in [4.78, 5) is 52.5. The predicted molar refractivity (Wildman–Crippen MR) is 137 cm³/mol. The van der Waals surface area contributed by atoms with Crippen molar-refractivity contribution in [1.29, 1.82) is 0 Å². The van der Waals surface area contributed by atoms with Crippen molar-refractivity contribution in [3.05, 3.63) is 69.8 Å². The normalized spacial score (nSPS) is 22.1. The zero-order chi connectivity index (χ0) is 27.2. The SMILES string of the molecule is CCNC(=O)NC1=C(C)C(C)c2cc(C3(CN4Cc5ccc(OC)cc5C4=O)NC(=O)NC3=O)oc2C=C1. The molecule has 198 valence electrons. The van der Waals surface area contributed by atoms with E-state index in [1.54, 1.807) is 30.4 Å². The molecular weight excluding hydrogens is 490 g/mol. The number of carbonyl (C=O) groups is 4. The third-order valence-corrected chi connectivity index (χ3v) is 7.30. The van der Waals surface area contributed by atoms with Gasteiger partial charge in [0.25, 0.3) is 11.8 Å². The molecule has 0 radical (unpaired) electrons. The van der Waals surface area contributed by atoms with Crippen molar-refractivity contribution >= 4 is 30.0 Å². The average Bonchev–Trinajstić information content (AvgIpc) is 3.52. The quantitative estimate of drug-likeness (QED) is 0.433. The molecule has 3 heterocycles. The molecular formula is C27H29N5O6. The van der Waals surface area contributed by atoms with E-state index in [1.165, 1.54) is 12.0 Å². The standard InChI is InChI=1S/C27H29N5O6/c1-5-28-25(35)29-20-8-9-21-18(14(2)15(20)3)11-22(38-21)27(24(34)30-26(36)31-27)13-32-12-16-6-7-17(37-4)10-19(16)23(32)33/h6-11,14H,5,12-13H2,1-4H3,(H2,28,29,35)(H2,30,31,34,36). The number of carbonyl (C=O) groups excluding carboxylic acids is 4. The lowest BCUT2D eigenvalue weighted by Gasteiger charge is -2.29. The van der Waals surface area contributed by atoms with Crippen LogP contribution >= 0.6 is 0 Å². The van der Waals surface area contributed by atoms with Gasteiger partial charge >= 0.3 is 12.1 Å². The number of methoxy groups -OCH3 is 1. The molecule has 0 saturated carbocycles. The van der Waals surface area contributed by atoms with Gasteiger partial charge in [-0.25, -0.2) is 9.59 Å². The number of benzene rings is 1. The average molecular weight is 520 g/mol. The molecule has 6 amide bonds. The van der Waals surface area contributed by atoms with Gasteiger partial charge in [-0.3, -0.25) is 14.9 Å². The van der Waals surface area contributed by atoms with Crippen LogP contribution in [0.2, 0.25) is 0 Å². The number of hydrogen-bond donors (Lipinski definition) is 4. The van der Waals surface area contributed by atoms with E-state index < -0.39 is 17.5 Å². The zero-order valence-corrected chi connectivity index (χ0v) is 21.6. The Morgan fingerprint density at radius 1 is 1.24 bits per heavy atom. The Balaban J connectivity index is 1.48. The molecule has 11 nitrogen and oxygen atoms in total. The fraction of sp³-hybridized carbons (Fsp3) is 0.333. The number of furan rings is 1. The summed E-state index contributed by atoms with van der Waals surface area (Å²) in [6.07, 6.45) is 3.47. The minimum Gasteiger partial charge on any atom is -0.497 e. The molecule has 1 fully saturated rings. The Bertz CT molecular complexity index is 1420. The third kappa shape index (κ3) is 4.09. The van der Waals surface area contributed by atoms with E-state index in [1.807, 2.05) is 26.8 Å². The highest BCUT2D eigenvalue weighted by Gasteiger charge is 2.53. The van der Waals surface area contributed by atoms with E-state index in [0.29, 0.717) is 29.3 Å². The highest BCUT2D eigenvalue weighted by Crippen LogP contribution is 2.39. The van der Waals surface area contributed by atoms with Crippen LogP contribution in [0.1, 0.15) is 59.7 Å². The zero-order valence-electron chi connectivity index (χ0n) is 21.6. The summed E-state index contributed by atoms with van der Waals surface area (Å²) in [5.74, 6) is 0.228.